The molecule has 2 aliphatic carbocycles. The van der Waals surface area contributed by atoms with Crippen LogP contribution in [-0.2, 0) is 23.0 Å². The van der Waals surface area contributed by atoms with Crippen LogP contribution in [0.15, 0.2) is 10.6 Å². The Morgan fingerprint density at radius 2 is 1.98 bits per heavy atom. The lowest BCUT2D eigenvalue weighted by Gasteiger charge is -2.45. The third-order valence-electron chi connectivity index (χ3n) is 10.4. The Hall–Kier alpha value is -3.24. The quantitative estimate of drug-likeness (QED) is 0.389. The normalized spacial score (nSPS) is 24.9. The number of nitrogens with two attached hydrogens (primary N) is 1. The summed E-state index contributed by atoms with van der Waals surface area (Å²) < 4.78 is 24.6. The third-order valence-corrected chi connectivity index (χ3v) is 11.4. The van der Waals surface area contributed by atoms with E-state index in [1.807, 2.05) is 14.1 Å². The summed E-state index contributed by atoms with van der Waals surface area (Å²) in [5.74, 6) is 2.15. The van der Waals surface area contributed by atoms with Crippen LogP contribution in [0.3, 0.4) is 0 Å². The monoisotopic (exact) mass is 619 g/mol. The molecule has 12 heteroatoms. The van der Waals surface area contributed by atoms with E-state index in [1.54, 1.807) is 17.4 Å². The molecule has 3 aromatic heterocycles. The van der Waals surface area contributed by atoms with Crippen molar-refractivity contribution in [1.29, 1.82) is 5.26 Å². The molecule has 3 aromatic rings. The number of nitrogen functional groups attached to an aromatic ring is 1. The number of rotatable bonds is 8. The molecule has 0 bridgehead atoms. The Balaban J connectivity index is 1.27. The first-order chi connectivity index (χ1) is 21.2. The van der Waals surface area contributed by atoms with Gasteiger partial charge in [0, 0.05) is 16.5 Å². The first-order valence-electron chi connectivity index (χ1n) is 15.7. The molecule has 234 valence electrons. The fourth-order valence-electron chi connectivity index (χ4n) is 7.68. The largest absolute Gasteiger partial charge is 0.475 e. The number of aromatic nitrogens is 3. The SMILES string of the molecule is C[C@H](Oc1cc(OCC2(N(C)C)COC2)nc(-c2noc3c2CCC[C@@]32CCCc3sc(N)c(C#N)c32)n1)[C@@H]1CCCN1C. The molecule has 0 amide bonds. The van der Waals surface area contributed by atoms with E-state index in [2.05, 4.69) is 35.0 Å². The molecule has 2 N–H and O–H groups in total. The van der Waals surface area contributed by atoms with Crippen molar-refractivity contribution in [3.8, 4) is 29.3 Å². The zero-order valence-electron chi connectivity index (χ0n) is 26.0. The van der Waals surface area contributed by atoms with E-state index in [9.17, 15) is 5.26 Å². The van der Waals surface area contributed by atoms with E-state index in [0.29, 0.717) is 59.7 Å². The lowest BCUT2D eigenvalue weighted by molar-refractivity contribution is -0.141. The van der Waals surface area contributed by atoms with Crippen LogP contribution in [0.5, 0.6) is 11.8 Å². The summed E-state index contributed by atoms with van der Waals surface area (Å²) in [7, 11) is 6.23. The van der Waals surface area contributed by atoms with Gasteiger partial charge in [-0.1, -0.05) is 5.16 Å². The van der Waals surface area contributed by atoms with Gasteiger partial charge in [-0.2, -0.15) is 15.2 Å². The van der Waals surface area contributed by atoms with Gasteiger partial charge in [0.1, 0.15) is 29.3 Å². The van der Waals surface area contributed by atoms with Gasteiger partial charge in [0.25, 0.3) is 0 Å². The first-order valence-corrected chi connectivity index (χ1v) is 16.5. The highest BCUT2D eigenvalue weighted by molar-refractivity contribution is 7.16. The van der Waals surface area contributed by atoms with Crippen LogP contribution in [-0.4, -0.2) is 90.1 Å². The van der Waals surface area contributed by atoms with Crippen molar-refractivity contribution in [3.63, 3.8) is 0 Å². The molecule has 2 saturated heterocycles. The molecule has 44 heavy (non-hydrogen) atoms. The van der Waals surface area contributed by atoms with E-state index in [4.69, 9.17) is 34.4 Å². The number of hydrogen-bond donors (Lipinski definition) is 1. The fraction of sp³-hybridized carbons (Fsp3) is 0.625. The van der Waals surface area contributed by atoms with Gasteiger partial charge in [-0.05, 0) is 91.5 Å². The van der Waals surface area contributed by atoms with Gasteiger partial charge < -0.3 is 24.5 Å². The smallest absolute Gasteiger partial charge is 0.221 e. The lowest BCUT2D eigenvalue weighted by Crippen LogP contribution is -2.63. The summed E-state index contributed by atoms with van der Waals surface area (Å²) in [6.45, 7) is 4.80. The van der Waals surface area contributed by atoms with Gasteiger partial charge in [0.15, 0.2) is 17.3 Å². The van der Waals surface area contributed by atoms with Crippen LogP contribution in [0.4, 0.5) is 5.00 Å². The Labute approximate surface area is 262 Å². The van der Waals surface area contributed by atoms with E-state index in [1.165, 1.54) is 4.88 Å². The molecule has 2 aliphatic heterocycles. The van der Waals surface area contributed by atoms with Crippen molar-refractivity contribution in [2.24, 2.45) is 0 Å². The number of likely N-dealkylation sites (tertiary alicyclic amines) is 1. The number of hydrogen-bond acceptors (Lipinski definition) is 12. The number of ether oxygens (including phenoxy) is 3. The van der Waals surface area contributed by atoms with Gasteiger partial charge in [-0.25, -0.2) is 0 Å². The van der Waals surface area contributed by atoms with E-state index in [-0.39, 0.29) is 11.6 Å². The molecule has 0 unspecified atom stereocenters. The fourth-order valence-corrected chi connectivity index (χ4v) is 8.84. The molecule has 1 spiro atoms. The van der Waals surface area contributed by atoms with Crippen LogP contribution in [0.25, 0.3) is 11.5 Å². The zero-order chi connectivity index (χ0) is 30.6. The van der Waals surface area contributed by atoms with Crippen LogP contribution in [0.1, 0.15) is 72.8 Å². The lowest BCUT2D eigenvalue weighted by atomic mass is 9.63. The highest BCUT2D eigenvalue weighted by Gasteiger charge is 2.49. The maximum absolute atomic E-state index is 10.1. The highest BCUT2D eigenvalue weighted by Crippen LogP contribution is 2.55. The predicted octanol–water partition coefficient (Wildman–Crippen LogP) is 4.18. The van der Waals surface area contributed by atoms with Crippen LogP contribution in [0.2, 0.25) is 0 Å². The molecular weight excluding hydrogens is 578 g/mol. The molecule has 0 saturated carbocycles. The number of fused-ring (bicyclic) bond motifs is 4. The molecule has 0 radical (unpaired) electrons. The average molecular weight is 620 g/mol. The van der Waals surface area contributed by atoms with E-state index >= 15 is 0 Å². The average Bonchev–Trinajstić information content (AvgIpc) is 3.69. The number of nitrogens with zero attached hydrogens (tertiary/aromatic N) is 6. The summed E-state index contributed by atoms with van der Waals surface area (Å²) in [5, 5.41) is 15.3. The number of nitriles is 1. The minimum Gasteiger partial charge on any atom is -0.475 e. The van der Waals surface area contributed by atoms with Crippen molar-refractivity contribution in [3.05, 3.63) is 33.4 Å². The molecule has 7 rings (SSSR count). The minimum absolute atomic E-state index is 0.0603. The molecular formula is C32H41N7O4S. The summed E-state index contributed by atoms with van der Waals surface area (Å²) in [6, 6.07) is 4.50. The summed E-state index contributed by atoms with van der Waals surface area (Å²) in [4.78, 5) is 15.4. The summed E-state index contributed by atoms with van der Waals surface area (Å²) in [5.41, 5.74) is 8.99. The minimum atomic E-state index is -0.414. The molecule has 3 atom stereocenters. The van der Waals surface area contributed by atoms with Crippen LogP contribution < -0.4 is 15.2 Å². The van der Waals surface area contributed by atoms with Gasteiger partial charge in [-0.15, -0.1) is 11.3 Å². The topological polar surface area (TPSA) is 136 Å². The zero-order valence-corrected chi connectivity index (χ0v) is 26.8. The second-order valence-corrected chi connectivity index (χ2v) is 14.3. The number of thiophene rings is 1. The van der Waals surface area contributed by atoms with Gasteiger partial charge in [0.2, 0.25) is 11.8 Å². The maximum atomic E-state index is 10.1. The highest BCUT2D eigenvalue weighted by atomic mass is 32.1. The molecule has 2 fully saturated rings. The predicted molar refractivity (Wildman–Crippen MR) is 166 cm³/mol. The van der Waals surface area contributed by atoms with E-state index in [0.717, 1.165) is 74.8 Å². The van der Waals surface area contributed by atoms with Crippen LogP contribution >= 0.6 is 11.3 Å². The molecule has 11 nitrogen and oxygen atoms in total. The third kappa shape index (κ3) is 4.76. The summed E-state index contributed by atoms with van der Waals surface area (Å²) >= 11 is 1.54. The number of anilines is 1. The second kappa shape index (κ2) is 11.3. The van der Waals surface area contributed by atoms with E-state index < -0.39 is 5.41 Å². The Morgan fingerprint density at radius 3 is 2.66 bits per heavy atom. The molecule has 5 heterocycles. The van der Waals surface area contributed by atoms with Crippen LogP contribution in [0, 0.1) is 11.3 Å². The standard InChI is InChI=1S/C32H41N7O4S/c1-19(22-9-7-13-39(22)4)42-25-14-24(41-18-31(38(2)3)16-40-17-31)35-30(36-25)27-20-8-5-11-32(28(20)43-37-27)12-6-10-23-26(32)21(15-33)29(34)44-23/h14,19,22H,5-13,16-18,34H2,1-4H3/t19-,22-,32-/m0/s1. The van der Waals surface area contributed by atoms with Crippen molar-refractivity contribution in [1.82, 2.24) is 24.9 Å². The number of aryl methyl sites for hydroxylation is 1. The summed E-state index contributed by atoms with van der Waals surface area (Å²) in [6.07, 6.45) is 7.65. The van der Waals surface area contributed by atoms with Crippen molar-refractivity contribution in [2.75, 3.05) is 53.2 Å². The molecule has 0 aromatic carbocycles. The number of likely N-dealkylation sites (N-methyl/N-ethyl adjacent to an activating group) is 2. The molecule has 4 aliphatic rings. The first kappa shape index (κ1) is 29.5. The maximum Gasteiger partial charge on any atom is 0.221 e. The Bertz CT molecular complexity index is 1590. The van der Waals surface area contributed by atoms with Crippen molar-refractivity contribution in [2.45, 2.75) is 81.4 Å². The van der Waals surface area contributed by atoms with Gasteiger partial charge >= 0.3 is 0 Å². The van der Waals surface area contributed by atoms with Gasteiger partial charge in [-0.3, -0.25) is 9.80 Å². The Morgan fingerprint density at radius 1 is 1.20 bits per heavy atom. The second-order valence-electron chi connectivity index (χ2n) is 13.2. The van der Waals surface area contributed by atoms with Crippen molar-refractivity contribution < 1.29 is 18.7 Å². The van der Waals surface area contributed by atoms with Crippen molar-refractivity contribution >= 4 is 16.3 Å². The van der Waals surface area contributed by atoms with Gasteiger partial charge in [0.05, 0.1) is 30.3 Å². The Kier molecular flexibility index (Phi) is 7.56.